The summed E-state index contributed by atoms with van der Waals surface area (Å²) < 4.78 is 5.68. The van der Waals surface area contributed by atoms with Crippen molar-refractivity contribution in [2.24, 2.45) is 11.7 Å². The summed E-state index contributed by atoms with van der Waals surface area (Å²) in [4.78, 5) is 0. The minimum Gasteiger partial charge on any atom is -0.493 e. The lowest BCUT2D eigenvalue weighted by Crippen LogP contribution is -2.02. The maximum atomic E-state index is 5.68. The molecule has 3 rings (SSSR count). The molecule has 1 heterocycles. The Hall–Kier alpha value is -1.02. The van der Waals surface area contributed by atoms with Gasteiger partial charge in [0.1, 0.15) is 5.75 Å². The zero-order chi connectivity index (χ0) is 9.54. The van der Waals surface area contributed by atoms with E-state index in [2.05, 4.69) is 18.2 Å². The van der Waals surface area contributed by atoms with E-state index < -0.39 is 0 Å². The normalized spacial score (nSPS) is 28.4. The van der Waals surface area contributed by atoms with Crippen LogP contribution in [0.3, 0.4) is 0 Å². The minimum atomic E-state index is 0.674. The Balaban J connectivity index is 1.95. The first-order valence-corrected chi connectivity index (χ1v) is 5.35. The highest BCUT2D eigenvalue weighted by Gasteiger charge is 2.39. The van der Waals surface area contributed by atoms with E-state index in [1.54, 1.807) is 0 Å². The third-order valence-electron chi connectivity index (χ3n) is 3.37. The van der Waals surface area contributed by atoms with Crippen LogP contribution in [0.5, 0.6) is 5.75 Å². The second-order valence-electron chi connectivity index (χ2n) is 4.27. The van der Waals surface area contributed by atoms with Gasteiger partial charge in [0.05, 0.1) is 6.61 Å². The van der Waals surface area contributed by atoms with Gasteiger partial charge in [0.2, 0.25) is 0 Å². The Labute approximate surface area is 84.1 Å². The first-order valence-electron chi connectivity index (χ1n) is 5.35. The minimum absolute atomic E-state index is 0.674. The molecule has 1 saturated carbocycles. The maximum Gasteiger partial charge on any atom is 0.126 e. The monoisotopic (exact) mass is 189 g/mol. The van der Waals surface area contributed by atoms with E-state index in [0.29, 0.717) is 11.8 Å². The van der Waals surface area contributed by atoms with Crippen LogP contribution in [0.25, 0.3) is 0 Å². The van der Waals surface area contributed by atoms with Crippen molar-refractivity contribution in [3.63, 3.8) is 0 Å². The molecule has 2 aliphatic rings. The van der Waals surface area contributed by atoms with Crippen LogP contribution in [0.15, 0.2) is 18.2 Å². The van der Waals surface area contributed by atoms with E-state index in [-0.39, 0.29) is 0 Å². The Morgan fingerprint density at radius 3 is 3.14 bits per heavy atom. The van der Waals surface area contributed by atoms with Gasteiger partial charge in [-0.1, -0.05) is 18.2 Å². The SMILES string of the molecule is NCC1CC1c1cccc2c1OCC2. The van der Waals surface area contributed by atoms with Gasteiger partial charge in [-0.05, 0) is 35.9 Å². The van der Waals surface area contributed by atoms with E-state index in [1.165, 1.54) is 17.5 Å². The van der Waals surface area contributed by atoms with Crippen molar-refractivity contribution in [3.8, 4) is 5.75 Å². The molecule has 0 saturated heterocycles. The van der Waals surface area contributed by atoms with Crippen molar-refractivity contribution < 1.29 is 4.74 Å². The van der Waals surface area contributed by atoms with Crippen LogP contribution < -0.4 is 10.5 Å². The predicted molar refractivity (Wildman–Crippen MR) is 55.5 cm³/mol. The molecule has 14 heavy (non-hydrogen) atoms. The Morgan fingerprint density at radius 2 is 2.36 bits per heavy atom. The largest absolute Gasteiger partial charge is 0.493 e. The molecule has 0 spiro atoms. The highest BCUT2D eigenvalue weighted by molar-refractivity contribution is 5.47. The van der Waals surface area contributed by atoms with Crippen molar-refractivity contribution >= 4 is 0 Å². The highest BCUT2D eigenvalue weighted by atomic mass is 16.5. The van der Waals surface area contributed by atoms with Gasteiger partial charge < -0.3 is 10.5 Å². The predicted octanol–water partition coefficient (Wildman–Crippen LogP) is 1.68. The van der Waals surface area contributed by atoms with E-state index in [0.717, 1.165) is 25.3 Å². The van der Waals surface area contributed by atoms with Crippen molar-refractivity contribution in [2.75, 3.05) is 13.2 Å². The van der Waals surface area contributed by atoms with E-state index in [9.17, 15) is 0 Å². The molecule has 2 atom stereocenters. The molecule has 1 aromatic carbocycles. The van der Waals surface area contributed by atoms with Crippen LogP contribution >= 0.6 is 0 Å². The third kappa shape index (κ3) is 1.14. The lowest BCUT2D eigenvalue weighted by atomic mass is 10.0. The van der Waals surface area contributed by atoms with Gasteiger partial charge in [-0.3, -0.25) is 0 Å². The number of para-hydroxylation sites is 1. The molecule has 0 radical (unpaired) electrons. The molecule has 1 aromatic rings. The number of hydrogen-bond acceptors (Lipinski definition) is 2. The summed E-state index contributed by atoms with van der Waals surface area (Å²) >= 11 is 0. The van der Waals surface area contributed by atoms with Gasteiger partial charge in [0, 0.05) is 6.42 Å². The van der Waals surface area contributed by atoms with E-state index >= 15 is 0 Å². The molecule has 0 aromatic heterocycles. The Bertz CT molecular complexity index is 361. The van der Waals surface area contributed by atoms with Crippen LogP contribution in [0, 0.1) is 5.92 Å². The molecule has 2 unspecified atom stereocenters. The van der Waals surface area contributed by atoms with Gasteiger partial charge >= 0.3 is 0 Å². The number of nitrogens with two attached hydrogens (primary N) is 1. The van der Waals surface area contributed by atoms with Gasteiger partial charge in [-0.2, -0.15) is 0 Å². The fourth-order valence-corrected chi connectivity index (χ4v) is 2.42. The number of benzene rings is 1. The lowest BCUT2D eigenvalue weighted by Gasteiger charge is -2.06. The number of fused-ring (bicyclic) bond motifs is 1. The van der Waals surface area contributed by atoms with Crippen molar-refractivity contribution in [1.29, 1.82) is 0 Å². The topological polar surface area (TPSA) is 35.2 Å². The molecular formula is C12H15NO. The molecule has 74 valence electrons. The zero-order valence-corrected chi connectivity index (χ0v) is 8.20. The van der Waals surface area contributed by atoms with Crippen LogP contribution in [0.2, 0.25) is 0 Å². The van der Waals surface area contributed by atoms with Gasteiger partial charge in [0.15, 0.2) is 0 Å². The molecular weight excluding hydrogens is 174 g/mol. The second kappa shape index (κ2) is 2.99. The smallest absolute Gasteiger partial charge is 0.126 e. The van der Waals surface area contributed by atoms with E-state index in [4.69, 9.17) is 10.5 Å². The number of ether oxygens (including phenoxy) is 1. The summed E-state index contributed by atoms with van der Waals surface area (Å²) in [5.74, 6) is 2.53. The average molecular weight is 189 g/mol. The van der Waals surface area contributed by atoms with E-state index in [1.807, 2.05) is 0 Å². The standard InChI is InChI=1S/C12H15NO/c13-7-9-6-11(9)10-3-1-2-8-4-5-14-12(8)10/h1-3,9,11H,4-7,13H2. The van der Waals surface area contributed by atoms with Crippen LogP contribution in [-0.2, 0) is 6.42 Å². The molecule has 2 heteroatoms. The van der Waals surface area contributed by atoms with Gasteiger partial charge in [-0.25, -0.2) is 0 Å². The number of hydrogen-bond donors (Lipinski definition) is 1. The molecule has 1 fully saturated rings. The quantitative estimate of drug-likeness (QED) is 0.768. The van der Waals surface area contributed by atoms with Crippen LogP contribution in [0.4, 0.5) is 0 Å². The molecule has 1 aliphatic carbocycles. The van der Waals surface area contributed by atoms with Crippen LogP contribution in [-0.4, -0.2) is 13.2 Å². The third-order valence-corrected chi connectivity index (χ3v) is 3.37. The fourth-order valence-electron chi connectivity index (χ4n) is 2.42. The molecule has 2 nitrogen and oxygen atoms in total. The van der Waals surface area contributed by atoms with Gasteiger partial charge in [-0.15, -0.1) is 0 Å². The molecule has 1 aliphatic heterocycles. The average Bonchev–Trinajstić information content (AvgIpc) is 2.85. The van der Waals surface area contributed by atoms with Gasteiger partial charge in [0.25, 0.3) is 0 Å². The van der Waals surface area contributed by atoms with Crippen LogP contribution in [0.1, 0.15) is 23.5 Å². The maximum absolute atomic E-state index is 5.68. The lowest BCUT2D eigenvalue weighted by molar-refractivity contribution is 0.353. The first kappa shape index (κ1) is 8.30. The molecule has 2 N–H and O–H groups in total. The summed E-state index contributed by atoms with van der Waals surface area (Å²) in [5.41, 5.74) is 8.44. The Kier molecular flexibility index (Phi) is 1.77. The second-order valence-corrected chi connectivity index (χ2v) is 4.27. The highest BCUT2D eigenvalue weighted by Crippen LogP contribution is 2.51. The van der Waals surface area contributed by atoms with Crippen molar-refractivity contribution in [2.45, 2.75) is 18.8 Å². The molecule has 0 bridgehead atoms. The summed E-state index contributed by atoms with van der Waals surface area (Å²) in [6.45, 7) is 1.67. The zero-order valence-electron chi connectivity index (χ0n) is 8.20. The fraction of sp³-hybridized carbons (Fsp3) is 0.500. The summed E-state index contributed by atoms with van der Waals surface area (Å²) in [6.07, 6.45) is 2.32. The first-order chi connectivity index (χ1) is 6.90. The number of rotatable bonds is 2. The molecule has 0 amide bonds. The van der Waals surface area contributed by atoms with Crippen molar-refractivity contribution in [1.82, 2.24) is 0 Å². The Morgan fingerprint density at radius 1 is 1.43 bits per heavy atom. The summed E-state index contributed by atoms with van der Waals surface area (Å²) in [6, 6.07) is 6.52. The summed E-state index contributed by atoms with van der Waals surface area (Å²) in [5, 5.41) is 0. The summed E-state index contributed by atoms with van der Waals surface area (Å²) in [7, 11) is 0. The van der Waals surface area contributed by atoms with Crippen molar-refractivity contribution in [3.05, 3.63) is 29.3 Å².